The summed E-state index contributed by atoms with van der Waals surface area (Å²) in [5, 5.41) is 3.72. The maximum atomic E-state index is 14.2. The van der Waals surface area contributed by atoms with Gasteiger partial charge in [0.05, 0.1) is 17.2 Å². The fourth-order valence-electron chi connectivity index (χ4n) is 8.59. The van der Waals surface area contributed by atoms with Crippen LogP contribution in [-0.4, -0.2) is 115 Å². The molecule has 1 aliphatic carbocycles. The van der Waals surface area contributed by atoms with Crippen LogP contribution in [0.3, 0.4) is 0 Å². The summed E-state index contributed by atoms with van der Waals surface area (Å²) < 4.78 is 103. The summed E-state index contributed by atoms with van der Waals surface area (Å²) in [7, 11) is -10.9. The molecule has 4 aromatic carbocycles. The van der Waals surface area contributed by atoms with Crippen molar-refractivity contribution in [2.45, 2.75) is 72.2 Å². The fraction of sp³-hybridized carbons (Fsp3) is 0.438. The first-order valence-electron chi connectivity index (χ1n) is 22.2. The summed E-state index contributed by atoms with van der Waals surface area (Å²) in [5.74, 6) is -0.652. The zero-order chi connectivity index (χ0) is 47.1. The summed E-state index contributed by atoms with van der Waals surface area (Å²) in [6.45, 7) is 11.8. The lowest BCUT2D eigenvalue weighted by atomic mass is 9.72. The molecule has 2 aliphatic heterocycles. The van der Waals surface area contributed by atoms with Crippen molar-refractivity contribution in [1.29, 1.82) is 0 Å². The van der Waals surface area contributed by atoms with E-state index in [0.29, 0.717) is 49.6 Å². The van der Waals surface area contributed by atoms with Gasteiger partial charge in [-0.2, -0.15) is 13.2 Å². The first kappa shape index (κ1) is 49.8. The number of sulfonamides is 1. The molecule has 0 spiro atoms. The number of anilines is 2. The largest absolute Gasteiger partial charge is 0.501 e. The van der Waals surface area contributed by atoms with Gasteiger partial charge in [0.2, 0.25) is 0 Å². The first-order chi connectivity index (χ1) is 31.4. The van der Waals surface area contributed by atoms with Gasteiger partial charge in [-0.05, 0) is 115 Å². The molecule has 0 radical (unpaired) electrons. The molecule has 1 amide bonds. The number of piperazine rings is 1. The van der Waals surface area contributed by atoms with Crippen molar-refractivity contribution in [3.05, 3.63) is 119 Å². The van der Waals surface area contributed by atoms with Crippen molar-refractivity contribution in [3.8, 4) is 0 Å². The van der Waals surface area contributed by atoms with Crippen molar-refractivity contribution >= 4 is 66.1 Å². The lowest BCUT2D eigenvalue weighted by Crippen LogP contribution is -2.47. The maximum absolute atomic E-state index is 14.2. The van der Waals surface area contributed by atoms with E-state index in [0.717, 1.165) is 87.7 Å². The predicted molar refractivity (Wildman–Crippen MR) is 257 cm³/mol. The van der Waals surface area contributed by atoms with Gasteiger partial charge in [0.15, 0.2) is 0 Å². The molecule has 66 heavy (non-hydrogen) atoms. The van der Waals surface area contributed by atoms with Gasteiger partial charge in [-0.3, -0.25) is 9.69 Å². The Hall–Kier alpha value is -4.10. The summed E-state index contributed by atoms with van der Waals surface area (Å²) in [6.07, 6.45) is 4.43. The zero-order valence-corrected chi connectivity index (χ0v) is 40.4. The van der Waals surface area contributed by atoms with Gasteiger partial charge in [0, 0.05) is 91.9 Å². The Morgan fingerprint density at radius 1 is 0.864 bits per heavy atom. The van der Waals surface area contributed by atoms with Crippen LogP contribution in [0.2, 0.25) is 5.02 Å². The second kappa shape index (κ2) is 21.5. The minimum Gasteiger partial charge on any atom is -0.380 e. The molecule has 7 rings (SSSR count). The average molecular weight is 989 g/mol. The van der Waals surface area contributed by atoms with E-state index in [1.54, 1.807) is 12.1 Å². The van der Waals surface area contributed by atoms with Crippen molar-refractivity contribution in [3.63, 3.8) is 0 Å². The molecule has 18 heteroatoms. The van der Waals surface area contributed by atoms with E-state index < -0.39 is 52.8 Å². The summed E-state index contributed by atoms with van der Waals surface area (Å²) >= 11 is 7.65. The number of thioether (sulfide) groups is 1. The van der Waals surface area contributed by atoms with Crippen LogP contribution in [0.15, 0.2) is 117 Å². The Morgan fingerprint density at radius 2 is 1.58 bits per heavy atom. The number of carbonyl (C=O) groups is 1. The number of benzene rings is 4. The van der Waals surface area contributed by atoms with Gasteiger partial charge < -0.3 is 19.9 Å². The minimum atomic E-state index is -6.06. The quantitative estimate of drug-likeness (QED) is 0.104. The van der Waals surface area contributed by atoms with Gasteiger partial charge in [0.1, 0.15) is 4.90 Å². The lowest BCUT2D eigenvalue weighted by molar-refractivity contribution is -0.0435. The number of allylic oxidation sites excluding steroid dienone is 1. The van der Waals surface area contributed by atoms with Gasteiger partial charge >= 0.3 is 5.51 Å². The number of alkyl halides is 3. The Bertz CT molecular complexity index is 2550. The number of nitrogens with zero attached hydrogens (tertiary/aromatic N) is 3. The summed E-state index contributed by atoms with van der Waals surface area (Å²) in [5.41, 5.74) is -1.02. The number of ether oxygens (including phenoxy) is 1. The van der Waals surface area contributed by atoms with E-state index in [2.05, 4.69) is 46.0 Å². The molecule has 11 nitrogen and oxygen atoms in total. The monoisotopic (exact) mass is 987 g/mol. The molecule has 1 atom stereocenters. The third kappa shape index (κ3) is 12.9. The number of sulfone groups is 1. The standard InChI is InChI=1S/C48H57ClF3N5O6S3/c1-47(2)21-19-37(43(32-47)35-9-13-38(49)14-10-35)33-56-24-26-57(27-25-56)40-15-11-36(12-16-40)46(58)54-66(61,62)42-17-18-44(45(31-42)65(59,60)48(50,51)52)53-39(34-64-41-7-4-3-5-8-41)20-23-55-22-6-29-63-30-28-55/h3-5,7-18,31,39,53H,6,19-30,32-34H2,1-2H3,(H,54,58)/t39-/m1/s1. The number of rotatable bonds is 16. The molecular formula is C48H57ClF3N5O6S3. The Kier molecular flexibility index (Phi) is 16.2. The van der Waals surface area contributed by atoms with Gasteiger partial charge in [-0.1, -0.05) is 61.4 Å². The molecule has 0 bridgehead atoms. The minimum absolute atomic E-state index is 0.000924. The molecule has 356 valence electrons. The summed E-state index contributed by atoms with van der Waals surface area (Å²) in [6, 6.07) is 25.8. The topological polar surface area (TPSA) is 128 Å². The van der Waals surface area contributed by atoms with Crippen LogP contribution in [0.25, 0.3) is 5.57 Å². The third-order valence-corrected chi connectivity index (χ3v) is 16.7. The van der Waals surface area contributed by atoms with Crippen molar-refractivity contribution in [2.75, 3.05) is 81.5 Å². The molecule has 0 saturated carbocycles. The number of hydrogen-bond donors (Lipinski definition) is 2. The normalized spacial score (nSPS) is 18.4. The molecule has 0 unspecified atom stereocenters. The van der Waals surface area contributed by atoms with Crippen molar-refractivity contribution in [1.82, 2.24) is 14.5 Å². The van der Waals surface area contributed by atoms with Crippen LogP contribution in [-0.2, 0) is 24.6 Å². The van der Waals surface area contributed by atoms with Crippen LogP contribution < -0.4 is 14.9 Å². The van der Waals surface area contributed by atoms with Crippen molar-refractivity contribution in [2.24, 2.45) is 5.41 Å². The van der Waals surface area contributed by atoms with Crippen molar-refractivity contribution < 1.29 is 39.5 Å². The van der Waals surface area contributed by atoms with Gasteiger partial charge in [0.25, 0.3) is 25.8 Å². The van der Waals surface area contributed by atoms with Crippen LogP contribution in [0.5, 0.6) is 0 Å². The van der Waals surface area contributed by atoms with E-state index in [1.165, 1.54) is 40.6 Å². The molecule has 2 saturated heterocycles. The molecule has 2 N–H and O–H groups in total. The van der Waals surface area contributed by atoms with E-state index in [9.17, 15) is 34.8 Å². The Labute approximate surface area is 396 Å². The molecule has 4 aromatic rings. The molecule has 3 aliphatic rings. The second-order valence-corrected chi connectivity index (χ2v) is 23.0. The van der Waals surface area contributed by atoms with Gasteiger partial charge in [-0.25, -0.2) is 21.6 Å². The number of carbonyl (C=O) groups excluding carboxylic acids is 1. The van der Waals surface area contributed by atoms with E-state index in [-0.39, 0.29) is 11.0 Å². The zero-order valence-electron chi connectivity index (χ0n) is 37.2. The second-order valence-electron chi connectivity index (χ2n) is 17.8. The smallest absolute Gasteiger partial charge is 0.380 e. The van der Waals surface area contributed by atoms with Crippen LogP contribution in [0, 0.1) is 5.41 Å². The van der Waals surface area contributed by atoms with Crippen LogP contribution >= 0.6 is 23.4 Å². The van der Waals surface area contributed by atoms with Gasteiger partial charge in [-0.15, -0.1) is 11.8 Å². The maximum Gasteiger partial charge on any atom is 0.501 e. The van der Waals surface area contributed by atoms with E-state index in [4.69, 9.17) is 16.3 Å². The highest BCUT2D eigenvalue weighted by Gasteiger charge is 2.48. The highest BCUT2D eigenvalue weighted by molar-refractivity contribution is 7.99. The molecule has 2 heterocycles. The Balaban J connectivity index is 1.02. The predicted octanol–water partition coefficient (Wildman–Crippen LogP) is 9.22. The summed E-state index contributed by atoms with van der Waals surface area (Å²) in [4.78, 5) is 19.0. The van der Waals surface area contributed by atoms with Crippen LogP contribution in [0.1, 0.15) is 61.9 Å². The first-order valence-corrected chi connectivity index (χ1v) is 26.5. The van der Waals surface area contributed by atoms with Crippen LogP contribution in [0.4, 0.5) is 24.5 Å². The highest BCUT2D eigenvalue weighted by Crippen LogP contribution is 2.43. The molecule has 0 aromatic heterocycles. The van der Waals surface area contributed by atoms with E-state index in [1.807, 2.05) is 47.2 Å². The number of amides is 1. The third-order valence-electron chi connectivity index (χ3n) is 12.4. The fourth-order valence-corrected chi connectivity index (χ4v) is 11.7. The molecule has 2 fully saturated rings. The number of halogens is 4. The number of nitrogens with one attached hydrogen (secondary N) is 2. The SMILES string of the molecule is CC1(C)CCC(CN2CCN(c3ccc(C(=O)NS(=O)(=O)c4ccc(N[C@H](CCN5CCCOCC5)CSc5ccccc5)c(S(=O)(=O)C(F)(F)F)c4)cc3)CC2)=C(c2ccc(Cl)cc2)C1. The average Bonchev–Trinajstić information content (AvgIpc) is 3.57. The lowest BCUT2D eigenvalue weighted by Gasteiger charge is -2.39. The molecular weight excluding hydrogens is 931 g/mol. The van der Waals surface area contributed by atoms with E-state index >= 15 is 0 Å². The highest BCUT2D eigenvalue weighted by atomic mass is 35.5. The number of hydrogen-bond acceptors (Lipinski definition) is 11. The Morgan fingerprint density at radius 3 is 2.27 bits per heavy atom.